The summed E-state index contributed by atoms with van der Waals surface area (Å²) in [6.45, 7) is 2.13. The summed E-state index contributed by atoms with van der Waals surface area (Å²) in [5.41, 5.74) is 2.43. The third-order valence-electron chi connectivity index (χ3n) is 3.07. The van der Waals surface area contributed by atoms with Gasteiger partial charge in [0.2, 0.25) is 11.8 Å². The van der Waals surface area contributed by atoms with Gasteiger partial charge < -0.3 is 9.73 Å². The summed E-state index contributed by atoms with van der Waals surface area (Å²) < 4.78 is 5.51. The predicted octanol–water partition coefficient (Wildman–Crippen LogP) is 2.37. The highest BCUT2D eigenvalue weighted by Crippen LogP contribution is 2.16. The Labute approximate surface area is 127 Å². The molecule has 0 unspecified atom stereocenters. The molecule has 0 radical (unpaired) electrons. The Morgan fingerprint density at radius 2 is 2.00 bits per heavy atom. The third-order valence-corrected chi connectivity index (χ3v) is 3.07. The molecule has 2 aromatic heterocycles. The van der Waals surface area contributed by atoms with Gasteiger partial charge >= 0.3 is 0 Å². The summed E-state index contributed by atoms with van der Waals surface area (Å²) in [4.78, 5) is 16.0. The number of aryl methyl sites for hydroxylation is 1. The lowest BCUT2D eigenvalue weighted by atomic mass is 10.1. The van der Waals surface area contributed by atoms with Crippen molar-refractivity contribution in [1.82, 2.24) is 20.5 Å². The van der Waals surface area contributed by atoms with Crippen molar-refractivity contribution >= 4 is 5.91 Å². The van der Waals surface area contributed by atoms with Crippen LogP contribution in [0.1, 0.15) is 21.8 Å². The summed E-state index contributed by atoms with van der Waals surface area (Å²) in [6, 6.07) is 10.9. The van der Waals surface area contributed by atoms with Crippen molar-refractivity contribution in [3.8, 4) is 11.5 Å². The zero-order valence-electron chi connectivity index (χ0n) is 12.0. The van der Waals surface area contributed by atoms with Crippen molar-refractivity contribution in [3.63, 3.8) is 0 Å². The lowest BCUT2D eigenvalue weighted by Crippen LogP contribution is -2.22. The van der Waals surface area contributed by atoms with Crippen LogP contribution in [0.2, 0.25) is 0 Å². The molecule has 6 heteroatoms. The second-order valence-electron chi connectivity index (χ2n) is 4.79. The monoisotopic (exact) mass is 294 g/mol. The summed E-state index contributed by atoms with van der Waals surface area (Å²) in [6.07, 6.45) is 3.30. The van der Waals surface area contributed by atoms with E-state index in [0.717, 1.165) is 11.1 Å². The average Bonchev–Trinajstić information content (AvgIpc) is 3.02. The molecule has 6 nitrogen and oxygen atoms in total. The van der Waals surface area contributed by atoms with Gasteiger partial charge in [-0.15, -0.1) is 10.2 Å². The number of nitrogens with zero attached hydrogens (tertiary/aromatic N) is 3. The number of carbonyl (C=O) groups excluding carboxylic acids is 1. The smallest absolute Gasteiger partial charge is 0.251 e. The molecule has 2 heterocycles. The molecule has 0 saturated carbocycles. The number of aromatic nitrogens is 3. The molecule has 0 bridgehead atoms. The Morgan fingerprint density at radius 1 is 1.18 bits per heavy atom. The highest BCUT2D eigenvalue weighted by Gasteiger charge is 2.10. The molecule has 0 atom stereocenters. The van der Waals surface area contributed by atoms with Crippen LogP contribution >= 0.6 is 0 Å². The summed E-state index contributed by atoms with van der Waals surface area (Å²) in [7, 11) is 0. The molecule has 0 spiro atoms. The van der Waals surface area contributed by atoms with Gasteiger partial charge in [-0.2, -0.15) is 0 Å². The Kier molecular flexibility index (Phi) is 3.91. The van der Waals surface area contributed by atoms with Crippen molar-refractivity contribution in [2.45, 2.75) is 13.5 Å². The predicted molar refractivity (Wildman–Crippen MR) is 79.9 cm³/mol. The zero-order valence-corrected chi connectivity index (χ0v) is 12.0. The van der Waals surface area contributed by atoms with Gasteiger partial charge in [0.05, 0.1) is 6.54 Å². The van der Waals surface area contributed by atoms with E-state index in [1.165, 1.54) is 0 Å². The molecule has 0 fully saturated rings. The van der Waals surface area contributed by atoms with Gasteiger partial charge in [0.1, 0.15) is 0 Å². The maximum absolute atomic E-state index is 12.0. The molecule has 0 aliphatic heterocycles. The van der Waals surface area contributed by atoms with E-state index in [4.69, 9.17) is 4.42 Å². The maximum Gasteiger partial charge on any atom is 0.251 e. The van der Waals surface area contributed by atoms with Crippen molar-refractivity contribution in [2.75, 3.05) is 0 Å². The second-order valence-corrected chi connectivity index (χ2v) is 4.79. The van der Waals surface area contributed by atoms with Gasteiger partial charge in [-0.1, -0.05) is 17.7 Å². The Hall–Kier alpha value is -3.02. The standard InChI is InChI=1S/C16H14N4O2/c1-11-3-2-4-13(9-11)15(21)18-10-14-19-20-16(22-14)12-5-7-17-8-6-12/h2-9H,10H2,1H3,(H,18,21). The number of hydrogen-bond acceptors (Lipinski definition) is 5. The van der Waals surface area contributed by atoms with Crippen LogP contribution in [0.4, 0.5) is 0 Å². The topological polar surface area (TPSA) is 80.9 Å². The van der Waals surface area contributed by atoms with E-state index in [9.17, 15) is 4.79 Å². The van der Waals surface area contributed by atoms with Crippen LogP contribution < -0.4 is 5.32 Å². The number of amides is 1. The van der Waals surface area contributed by atoms with Crippen LogP contribution in [0.5, 0.6) is 0 Å². The molecule has 110 valence electrons. The van der Waals surface area contributed by atoms with Crippen LogP contribution in [0.25, 0.3) is 11.5 Å². The molecular weight excluding hydrogens is 280 g/mol. The maximum atomic E-state index is 12.0. The van der Waals surface area contributed by atoms with Crippen LogP contribution in [0.3, 0.4) is 0 Å². The van der Waals surface area contributed by atoms with E-state index in [2.05, 4.69) is 20.5 Å². The van der Waals surface area contributed by atoms with Gasteiger partial charge in [0.25, 0.3) is 5.91 Å². The molecule has 3 aromatic rings. The quantitative estimate of drug-likeness (QED) is 0.799. The van der Waals surface area contributed by atoms with Gasteiger partial charge in [-0.05, 0) is 31.2 Å². The van der Waals surface area contributed by atoms with E-state index in [1.54, 1.807) is 30.6 Å². The molecule has 0 saturated heterocycles. The molecule has 0 aliphatic carbocycles. The minimum atomic E-state index is -0.174. The SMILES string of the molecule is Cc1cccc(C(=O)NCc2nnc(-c3ccncc3)o2)c1. The number of pyridine rings is 1. The van der Waals surface area contributed by atoms with Crippen molar-refractivity contribution in [1.29, 1.82) is 0 Å². The summed E-state index contributed by atoms with van der Waals surface area (Å²) in [5, 5.41) is 10.6. The highest BCUT2D eigenvalue weighted by molar-refractivity contribution is 5.94. The van der Waals surface area contributed by atoms with Crippen molar-refractivity contribution in [2.24, 2.45) is 0 Å². The van der Waals surface area contributed by atoms with Gasteiger partial charge in [-0.3, -0.25) is 9.78 Å². The molecule has 1 N–H and O–H groups in total. The molecular formula is C16H14N4O2. The minimum Gasteiger partial charge on any atom is -0.419 e. The Bertz CT molecular complexity index is 784. The zero-order chi connectivity index (χ0) is 15.4. The third kappa shape index (κ3) is 3.17. The number of carbonyl (C=O) groups is 1. The summed E-state index contributed by atoms with van der Waals surface area (Å²) in [5.74, 6) is 0.586. The molecule has 0 aliphatic rings. The molecule has 22 heavy (non-hydrogen) atoms. The van der Waals surface area contributed by atoms with Crippen LogP contribution in [-0.2, 0) is 6.54 Å². The van der Waals surface area contributed by atoms with Crippen molar-refractivity contribution < 1.29 is 9.21 Å². The van der Waals surface area contributed by atoms with Gasteiger partial charge in [-0.25, -0.2) is 0 Å². The first-order valence-electron chi connectivity index (χ1n) is 6.80. The fourth-order valence-electron chi connectivity index (χ4n) is 1.98. The first-order valence-corrected chi connectivity index (χ1v) is 6.80. The Balaban J connectivity index is 1.65. The first kappa shape index (κ1) is 13.9. The molecule has 1 aromatic carbocycles. The van der Waals surface area contributed by atoms with E-state index >= 15 is 0 Å². The Morgan fingerprint density at radius 3 is 2.77 bits per heavy atom. The number of nitrogens with one attached hydrogen (secondary N) is 1. The van der Waals surface area contributed by atoms with E-state index in [0.29, 0.717) is 17.3 Å². The van der Waals surface area contributed by atoms with Crippen LogP contribution in [0.15, 0.2) is 53.2 Å². The van der Waals surface area contributed by atoms with E-state index in [-0.39, 0.29) is 12.5 Å². The fraction of sp³-hybridized carbons (Fsp3) is 0.125. The van der Waals surface area contributed by atoms with Crippen LogP contribution in [-0.4, -0.2) is 21.1 Å². The van der Waals surface area contributed by atoms with Crippen molar-refractivity contribution in [3.05, 3.63) is 65.8 Å². The summed E-state index contributed by atoms with van der Waals surface area (Å²) >= 11 is 0. The number of benzene rings is 1. The van der Waals surface area contributed by atoms with Gasteiger partial charge in [0, 0.05) is 23.5 Å². The number of rotatable bonds is 4. The normalized spacial score (nSPS) is 10.4. The first-order chi connectivity index (χ1) is 10.7. The highest BCUT2D eigenvalue weighted by atomic mass is 16.4. The fourth-order valence-corrected chi connectivity index (χ4v) is 1.98. The largest absolute Gasteiger partial charge is 0.419 e. The molecule has 3 rings (SSSR count). The number of hydrogen-bond donors (Lipinski definition) is 1. The van der Waals surface area contributed by atoms with Gasteiger partial charge in [0.15, 0.2) is 0 Å². The van der Waals surface area contributed by atoms with Crippen LogP contribution in [0, 0.1) is 6.92 Å². The average molecular weight is 294 g/mol. The lowest BCUT2D eigenvalue weighted by molar-refractivity contribution is 0.0947. The lowest BCUT2D eigenvalue weighted by Gasteiger charge is -2.03. The van der Waals surface area contributed by atoms with E-state index in [1.807, 2.05) is 25.1 Å². The van der Waals surface area contributed by atoms with E-state index < -0.39 is 0 Å². The second kappa shape index (κ2) is 6.17. The minimum absolute atomic E-state index is 0.174. The molecule has 1 amide bonds.